The molecule has 0 unspecified atom stereocenters. The van der Waals surface area contributed by atoms with Gasteiger partial charge in [-0.3, -0.25) is 0 Å². The maximum atomic E-state index is 2.26. The summed E-state index contributed by atoms with van der Waals surface area (Å²) in [6.07, 6.45) is 0. The number of hydrogen-bond donors (Lipinski definition) is 0. The zero-order valence-electron chi connectivity index (χ0n) is 8.61. The van der Waals surface area contributed by atoms with Crippen LogP contribution in [0.5, 0.6) is 0 Å². The van der Waals surface area contributed by atoms with Crippen LogP contribution in [0.25, 0.3) is 0 Å². The highest BCUT2D eigenvalue weighted by atomic mass is 33.8. The van der Waals surface area contributed by atoms with Gasteiger partial charge in [-0.1, -0.05) is 49.3 Å². The topological polar surface area (TPSA) is 0 Å². The van der Waals surface area contributed by atoms with Crippen molar-refractivity contribution in [1.82, 2.24) is 0 Å². The van der Waals surface area contributed by atoms with Crippen LogP contribution in [-0.4, -0.2) is 11.5 Å². The lowest BCUT2D eigenvalue weighted by Gasteiger charge is -2.03. The van der Waals surface area contributed by atoms with Crippen molar-refractivity contribution in [3.05, 3.63) is 0 Å². The second-order valence-corrected chi connectivity index (χ2v) is 11.4. The summed E-state index contributed by atoms with van der Waals surface area (Å²) in [7, 11) is 9.65. The minimum Gasteiger partial charge on any atom is -0.0814 e. The van der Waals surface area contributed by atoms with E-state index in [0.29, 0.717) is 0 Å². The summed E-state index contributed by atoms with van der Waals surface area (Å²) in [6, 6.07) is 0. The summed E-state index contributed by atoms with van der Waals surface area (Å²) in [5.74, 6) is 4.14. The summed E-state index contributed by atoms with van der Waals surface area (Å²) in [5, 5.41) is 0. The zero-order valence-corrected chi connectivity index (χ0v) is 12.7. The minimum atomic E-state index is 0.811. The van der Waals surface area contributed by atoms with Crippen molar-refractivity contribution in [1.29, 1.82) is 0 Å². The van der Waals surface area contributed by atoms with Crippen molar-refractivity contribution in [2.24, 2.45) is 11.8 Å². The molecule has 13 heavy (non-hydrogen) atoms. The fourth-order valence-electron chi connectivity index (χ4n) is 0.378. The first-order chi connectivity index (χ1) is 6.13. The molecule has 0 saturated carbocycles. The molecule has 0 fully saturated rings. The molecule has 0 aromatic rings. The Morgan fingerprint density at radius 2 is 1.08 bits per heavy atom. The average molecular weight is 275 g/mol. The van der Waals surface area contributed by atoms with Gasteiger partial charge in [0.15, 0.2) is 0 Å². The van der Waals surface area contributed by atoms with E-state index in [-0.39, 0.29) is 0 Å². The van der Waals surface area contributed by atoms with Gasteiger partial charge in [0.05, 0.1) is 0 Å². The smallest absolute Gasteiger partial charge is 0.00685 e. The second-order valence-electron chi connectivity index (χ2n) is 3.56. The lowest BCUT2D eigenvalue weighted by atomic mass is 10.3. The predicted molar refractivity (Wildman–Crippen MR) is 77.4 cm³/mol. The first kappa shape index (κ1) is 14.8. The Kier molecular flexibility index (Phi) is 11.7. The van der Waals surface area contributed by atoms with E-state index in [9.17, 15) is 0 Å². The molecular formula is C8H18S5. The van der Waals surface area contributed by atoms with Gasteiger partial charge in [-0.25, -0.2) is 0 Å². The Hall–Kier alpha value is 1.75. The van der Waals surface area contributed by atoms with Gasteiger partial charge in [-0.15, -0.1) is 0 Å². The molecule has 0 spiro atoms. The maximum absolute atomic E-state index is 2.26. The van der Waals surface area contributed by atoms with E-state index in [2.05, 4.69) is 27.7 Å². The quantitative estimate of drug-likeness (QED) is 0.414. The first-order valence-corrected chi connectivity index (χ1v) is 10.9. The van der Waals surface area contributed by atoms with Gasteiger partial charge in [0.25, 0.3) is 0 Å². The first-order valence-electron chi connectivity index (χ1n) is 4.37. The zero-order chi connectivity index (χ0) is 10.1. The van der Waals surface area contributed by atoms with E-state index >= 15 is 0 Å². The summed E-state index contributed by atoms with van der Waals surface area (Å²) in [4.78, 5) is 0. The highest BCUT2D eigenvalue weighted by molar-refractivity contribution is 9.35. The van der Waals surface area contributed by atoms with E-state index in [4.69, 9.17) is 0 Å². The molecule has 80 valence electrons. The summed E-state index contributed by atoms with van der Waals surface area (Å²) in [5.41, 5.74) is 0. The fourth-order valence-corrected chi connectivity index (χ4v) is 9.89. The summed E-state index contributed by atoms with van der Waals surface area (Å²) in [6.45, 7) is 9.05. The van der Waals surface area contributed by atoms with Crippen LogP contribution < -0.4 is 0 Å². The fraction of sp³-hybridized carbons (Fsp3) is 1.00. The van der Waals surface area contributed by atoms with Gasteiger partial charge < -0.3 is 0 Å². The van der Waals surface area contributed by atoms with Crippen molar-refractivity contribution >= 4 is 51.1 Å². The van der Waals surface area contributed by atoms with Crippen LogP contribution in [0.4, 0.5) is 0 Å². The maximum Gasteiger partial charge on any atom is 0.00685 e. The lowest BCUT2D eigenvalue weighted by Crippen LogP contribution is -1.87. The largest absolute Gasteiger partial charge is 0.0814 e. The molecule has 0 amide bonds. The number of rotatable bonds is 8. The molecule has 0 atom stereocenters. The Bertz CT molecular complexity index is 92.7. The van der Waals surface area contributed by atoms with Crippen molar-refractivity contribution in [2.45, 2.75) is 27.7 Å². The van der Waals surface area contributed by atoms with Gasteiger partial charge in [0.1, 0.15) is 0 Å². The van der Waals surface area contributed by atoms with Gasteiger partial charge in [0.2, 0.25) is 0 Å². The SMILES string of the molecule is CC(C)CSSSSSCC(C)C. The molecule has 5 heteroatoms. The van der Waals surface area contributed by atoms with Gasteiger partial charge in [0, 0.05) is 11.5 Å². The Balaban J connectivity index is 2.92. The van der Waals surface area contributed by atoms with Crippen molar-refractivity contribution in [3.8, 4) is 0 Å². The van der Waals surface area contributed by atoms with Crippen LogP contribution in [0.15, 0.2) is 0 Å². The van der Waals surface area contributed by atoms with Crippen LogP contribution in [0.3, 0.4) is 0 Å². The highest BCUT2D eigenvalue weighted by Gasteiger charge is 1.98. The van der Waals surface area contributed by atoms with Gasteiger partial charge >= 0.3 is 0 Å². The third kappa shape index (κ3) is 13.8. The Morgan fingerprint density at radius 1 is 0.692 bits per heavy atom. The lowest BCUT2D eigenvalue weighted by molar-refractivity contribution is 0.752. The monoisotopic (exact) mass is 274 g/mol. The molecule has 0 N–H and O–H groups in total. The molecule has 0 bridgehead atoms. The standard InChI is InChI=1S/C8H18S5/c1-7(2)5-9-11-13-12-10-6-8(3)4/h7-8H,5-6H2,1-4H3. The van der Waals surface area contributed by atoms with E-state index in [1.54, 1.807) is 0 Å². The summed E-state index contributed by atoms with van der Waals surface area (Å²) < 4.78 is 0. The van der Waals surface area contributed by atoms with Crippen molar-refractivity contribution in [2.75, 3.05) is 11.5 Å². The molecule has 0 nitrogen and oxygen atoms in total. The molecular weight excluding hydrogens is 256 g/mol. The van der Waals surface area contributed by atoms with E-state index in [0.717, 1.165) is 11.8 Å². The summed E-state index contributed by atoms with van der Waals surface area (Å²) >= 11 is 0. The van der Waals surface area contributed by atoms with Crippen molar-refractivity contribution in [3.63, 3.8) is 0 Å². The molecule has 0 aliphatic carbocycles. The molecule has 0 aromatic heterocycles. The molecule has 0 rings (SSSR count). The van der Waals surface area contributed by atoms with Crippen LogP contribution in [0.1, 0.15) is 27.7 Å². The van der Waals surface area contributed by atoms with Crippen LogP contribution >= 0.6 is 51.1 Å². The van der Waals surface area contributed by atoms with E-state index in [1.165, 1.54) is 11.5 Å². The highest BCUT2D eigenvalue weighted by Crippen LogP contribution is 2.49. The Morgan fingerprint density at radius 3 is 1.38 bits per heavy atom. The van der Waals surface area contributed by atoms with E-state index in [1.807, 2.05) is 51.1 Å². The molecule has 0 heterocycles. The van der Waals surface area contributed by atoms with Gasteiger partial charge in [-0.2, -0.15) is 0 Å². The average Bonchev–Trinajstić information content (AvgIpc) is 2.01. The van der Waals surface area contributed by atoms with Crippen LogP contribution in [-0.2, 0) is 0 Å². The molecule has 0 aliphatic rings. The van der Waals surface area contributed by atoms with Crippen molar-refractivity contribution < 1.29 is 0 Å². The third-order valence-electron chi connectivity index (χ3n) is 0.955. The second kappa shape index (κ2) is 10.3. The Labute approximate surface area is 102 Å². The molecule has 0 saturated heterocycles. The normalized spacial score (nSPS) is 11.5. The minimum absolute atomic E-state index is 0.811. The predicted octanol–water partition coefficient (Wildman–Crippen LogP) is 5.62. The molecule has 0 aliphatic heterocycles. The number of hydrogen-bond acceptors (Lipinski definition) is 5. The molecule has 0 radical (unpaired) electrons. The van der Waals surface area contributed by atoms with Gasteiger partial charge in [-0.05, 0) is 41.3 Å². The van der Waals surface area contributed by atoms with Crippen LogP contribution in [0.2, 0.25) is 0 Å². The molecule has 0 aromatic carbocycles. The third-order valence-corrected chi connectivity index (χ3v) is 10.3. The van der Waals surface area contributed by atoms with Crippen LogP contribution in [0, 0.1) is 11.8 Å². The van der Waals surface area contributed by atoms with E-state index < -0.39 is 0 Å².